The SMILES string of the molecule is CCC1CS(=O)(=O)CC(c2cccc(Br)c2)N1. The number of benzene rings is 1. The third kappa shape index (κ3) is 3.30. The van der Waals surface area contributed by atoms with Gasteiger partial charge in [-0.15, -0.1) is 0 Å². The van der Waals surface area contributed by atoms with Gasteiger partial charge >= 0.3 is 0 Å². The van der Waals surface area contributed by atoms with Crippen LogP contribution in [0.1, 0.15) is 24.9 Å². The van der Waals surface area contributed by atoms with E-state index in [-0.39, 0.29) is 23.6 Å². The molecule has 0 spiro atoms. The number of nitrogens with one attached hydrogen (secondary N) is 1. The van der Waals surface area contributed by atoms with E-state index in [1.165, 1.54) is 0 Å². The second-order valence-corrected chi connectivity index (χ2v) is 7.53. The molecular weight excluding hydrogens is 302 g/mol. The van der Waals surface area contributed by atoms with Crippen LogP contribution in [0.25, 0.3) is 0 Å². The first kappa shape index (κ1) is 13.1. The molecule has 2 atom stereocenters. The zero-order valence-electron chi connectivity index (χ0n) is 9.69. The molecule has 0 aliphatic carbocycles. The van der Waals surface area contributed by atoms with Crippen LogP contribution in [0.4, 0.5) is 0 Å². The number of rotatable bonds is 2. The molecule has 2 unspecified atom stereocenters. The summed E-state index contributed by atoms with van der Waals surface area (Å²) in [6.07, 6.45) is 0.837. The van der Waals surface area contributed by atoms with Gasteiger partial charge in [0.15, 0.2) is 9.84 Å². The molecule has 94 valence electrons. The molecule has 1 aliphatic rings. The molecule has 0 amide bonds. The first-order valence-electron chi connectivity index (χ1n) is 5.72. The molecule has 1 aromatic rings. The molecule has 17 heavy (non-hydrogen) atoms. The summed E-state index contributed by atoms with van der Waals surface area (Å²) in [7, 11) is -2.93. The van der Waals surface area contributed by atoms with Gasteiger partial charge in [0.2, 0.25) is 0 Å². The Morgan fingerprint density at radius 1 is 1.41 bits per heavy atom. The lowest BCUT2D eigenvalue weighted by atomic mass is 10.1. The van der Waals surface area contributed by atoms with Crippen LogP contribution in [0.15, 0.2) is 28.7 Å². The molecule has 1 aromatic carbocycles. The van der Waals surface area contributed by atoms with Crippen LogP contribution < -0.4 is 5.32 Å². The molecule has 0 saturated carbocycles. The quantitative estimate of drug-likeness (QED) is 0.910. The van der Waals surface area contributed by atoms with E-state index in [9.17, 15) is 8.42 Å². The van der Waals surface area contributed by atoms with Crippen molar-refractivity contribution < 1.29 is 8.42 Å². The van der Waals surface area contributed by atoms with Gasteiger partial charge in [-0.1, -0.05) is 35.0 Å². The molecule has 1 N–H and O–H groups in total. The Morgan fingerprint density at radius 3 is 2.82 bits per heavy atom. The van der Waals surface area contributed by atoms with E-state index in [4.69, 9.17) is 0 Å². The van der Waals surface area contributed by atoms with E-state index in [2.05, 4.69) is 21.2 Å². The van der Waals surface area contributed by atoms with Crippen molar-refractivity contribution in [1.82, 2.24) is 5.32 Å². The van der Waals surface area contributed by atoms with Crippen LogP contribution in [0.2, 0.25) is 0 Å². The minimum atomic E-state index is -2.93. The average Bonchev–Trinajstić information content (AvgIpc) is 2.27. The normalized spacial score (nSPS) is 27.9. The highest BCUT2D eigenvalue weighted by atomic mass is 79.9. The summed E-state index contributed by atoms with van der Waals surface area (Å²) in [4.78, 5) is 0. The number of sulfone groups is 1. The van der Waals surface area contributed by atoms with E-state index in [0.29, 0.717) is 0 Å². The Morgan fingerprint density at radius 2 is 2.18 bits per heavy atom. The fraction of sp³-hybridized carbons (Fsp3) is 0.500. The summed E-state index contributed by atoms with van der Waals surface area (Å²) >= 11 is 3.41. The van der Waals surface area contributed by atoms with E-state index in [1.807, 2.05) is 31.2 Å². The van der Waals surface area contributed by atoms with Crippen LogP contribution in [0.5, 0.6) is 0 Å². The van der Waals surface area contributed by atoms with Crippen LogP contribution in [0, 0.1) is 0 Å². The summed E-state index contributed by atoms with van der Waals surface area (Å²) in [5, 5.41) is 3.40. The van der Waals surface area contributed by atoms with Crippen molar-refractivity contribution in [2.75, 3.05) is 11.5 Å². The minimum absolute atomic E-state index is 0.0673. The van der Waals surface area contributed by atoms with E-state index < -0.39 is 9.84 Å². The average molecular weight is 318 g/mol. The molecule has 1 saturated heterocycles. The van der Waals surface area contributed by atoms with Crippen LogP contribution >= 0.6 is 15.9 Å². The van der Waals surface area contributed by atoms with Gasteiger partial charge in [0.1, 0.15) is 0 Å². The molecule has 1 aliphatic heterocycles. The molecule has 1 fully saturated rings. The smallest absolute Gasteiger partial charge is 0.153 e. The Labute approximate surface area is 111 Å². The van der Waals surface area contributed by atoms with Crippen LogP contribution in [0.3, 0.4) is 0 Å². The number of halogens is 1. The zero-order valence-corrected chi connectivity index (χ0v) is 12.1. The zero-order chi connectivity index (χ0) is 12.5. The van der Waals surface area contributed by atoms with Crippen molar-refractivity contribution >= 4 is 25.8 Å². The molecule has 0 bridgehead atoms. The van der Waals surface area contributed by atoms with Gasteiger partial charge in [0, 0.05) is 16.6 Å². The van der Waals surface area contributed by atoms with Crippen molar-refractivity contribution in [2.24, 2.45) is 0 Å². The predicted molar refractivity (Wildman–Crippen MR) is 72.8 cm³/mol. The van der Waals surface area contributed by atoms with Crippen molar-refractivity contribution in [3.8, 4) is 0 Å². The Bertz CT molecular complexity index is 501. The molecule has 3 nitrogen and oxygen atoms in total. The Hall–Kier alpha value is -0.390. The Kier molecular flexibility index (Phi) is 3.90. The first-order chi connectivity index (χ1) is 8.00. The maximum absolute atomic E-state index is 11.8. The third-order valence-corrected chi connectivity index (χ3v) is 5.30. The fourth-order valence-electron chi connectivity index (χ4n) is 2.16. The van der Waals surface area contributed by atoms with E-state index in [1.54, 1.807) is 0 Å². The summed E-state index contributed by atoms with van der Waals surface area (Å²) in [6, 6.07) is 7.80. The van der Waals surface area contributed by atoms with Crippen molar-refractivity contribution in [1.29, 1.82) is 0 Å². The predicted octanol–water partition coefficient (Wildman–Crippen LogP) is 2.29. The second kappa shape index (κ2) is 5.08. The first-order valence-corrected chi connectivity index (χ1v) is 8.33. The summed E-state index contributed by atoms with van der Waals surface area (Å²) in [5.41, 5.74) is 1.03. The molecular formula is C12H16BrNO2S. The van der Waals surface area contributed by atoms with E-state index >= 15 is 0 Å². The van der Waals surface area contributed by atoms with Crippen LogP contribution in [-0.2, 0) is 9.84 Å². The molecule has 0 radical (unpaired) electrons. The molecule has 0 aromatic heterocycles. The fourth-order valence-corrected chi connectivity index (χ4v) is 4.46. The minimum Gasteiger partial charge on any atom is -0.305 e. The largest absolute Gasteiger partial charge is 0.305 e. The van der Waals surface area contributed by atoms with Gasteiger partial charge in [-0.05, 0) is 24.1 Å². The summed E-state index contributed by atoms with van der Waals surface area (Å²) < 4.78 is 24.7. The maximum atomic E-state index is 11.8. The highest BCUT2D eigenvalue weighted by molar-refractivity contribution is 9.10. The van der Waals surface area contributed by atoms with Gasteiger partial charge in [0.25, 0.3) is 0 Å². The summed E-state index contributed by atoms with van der Waals surface area (Å²) in [5.74, 6) is 0.452. The topological polar surface area (TPSA) is 46.2 Å². The monoisotopic (exact) mass is 317 g/mol. The lowest BCUT2D eigenvalue weighted by molar-refractivity contribution is 0.440. The lowest BCUT2D eigenvalue weighted by Gasteiger charge is -2.30. The van der Waals surface area contributed by atoms with Gasteiger partial charge < -0.3 is 5.32 Å². The van der Waals surface area contributed by atoms with E-state index in [0.717, 1.165) is 16.5 Å². The molecule has 5 heteroatoms. The van der Waals surface area contributed by atoms with Crippen LogP contribution in [-0.4, -0.2) is 26.0 Å². The van der Waals surface area contributed by atoms with Crippen molar-refractivity contribution in [3.05, 3.63) is 34.3 Å². The number of hydrogen-bond acceptors (Lipinski definition) is 3. The van der Waals surface area contributed by atoms with Gasteiger partial charge in [0.05, 0.1) is 11.5 Å². The van der Waals surface area contributed by atoms with Crippen molar-refractivity contribution in [3.63, 3.8) is 0 Å². The third-order valence-electron chi connectivity index (χ3n) is 3.06. The summed E-state index contributed by atoms with van der Waals surface area (Å²) in [6.45, 7) is 2.01. The Balaban J connectivity index is 2.26. The van der Waals surface area contributed by atoms with Gasteiger partial charge in [-0.25, -0.2) is 8.42 Å². The highest BCUT2D eigenvalue weighted by Gasteiger charge is 2.30. The van der Waals surface area contributed by atoms with Crippen molar-refractivity contribution in [2.45, 2.75) is 25.4 Å². The lowest BCUT2D eigenvalue weighted by Crippen LogP contribution is -2.46. The highest BCUT2D eigenvalue weighted by Crippen LogP contribution is 2.24. The van der Waals surface area contributed by atoms with Gasteiger partial charge in [-0.3, -0.25) is 0 Å². The standard InChI is InChI=1S/C12H16BrNO2S/c1-2-11-7-17(15,16)8-12(14-11)9-4-3-5-10(13)6-9/h3-6,11-12,14H,2,7-8H2,1H3. The maximum Gasteiger partial charge on any atom is 0.153 e. The molecule has 2 rings (SSSR count). The molecule has 1 heterocycles. The number of hydrogen-bond donors (Lipinski definition) is 1. The second-order valence-electron chi connectivity index (χ2n) is 4.46. The van der Waals surface area contributed by atoms with Gasteiger partial charge in [-0.2, -0.15) is 0 Å².